The minimum Gasteiger partial charge on any atom is -0.507 e. The second-order valence-corrected chi connectivity index (χ2v) is 8.97. The summed E-state index contributed by atoms with van der Waals surface area (Å²) in [4.78, 5) is 33.3. The minimum absolute atomic E-state index is 0.00146. The lowest BCUT2D eigenvalue weighted by molar-refractivity contribution is -0.132. The number of Topliss-reactive ketones (excluding diaryl/α,β-unsaturated/α-hetero) is 1. The summed E-state index contributed by atoms with van der Waals surface area (Å²) in [7, 11) is 3.04. The van der Waals surface area contributed by atoms with Crippen molar-refractivity contribution in [3.8, 4) is 11.5 Å². The Morgan fingerprint density at radius 1 is 1.00 bits per heavy atom. The van der Waals surface area contributed by atoms with Gasteiger partial charge in [0.1, 0.15) is 5.76 Å². The number of rotatable bonds is 5. The highest BCUT2D eigenvalue weighted by Crippen LogP contribution is 2.45. The summed E-state index contributed by atoms with van der Waals surface area (Å²) in [5, 5.41) is 11.6. The average molecular weight is 465 g/mol. The van der Waals surface area contributed by atoms with Crippen molar-refractivity contribution < 1.29 is 24.2 Å². The van der Waals surface area contributed by atoms with E-state index < -0.39 is 17.7 Å². The van der Waals surface area contributed by atoms with Crippen molar-refractivity contribution in [2.45, 2.75) is 26.8 Å². The molecule has 1 N–H and O–H groups in total. The largest absolute Gasteiger partial charge is 0.507 e. The van der Waals surface area contributed by atoms with E-state index in [9.17, 15) is 14.7 Å². The number of carbonyl (C=O) groups excluding carboxylic acids is 2. The molecule has 1 aliphatic heterocycles. The zero-order valence-electron chi connectivity index (χ0n) is 19.0. The molecule has 8 heteroatoms. The summed E-state index contributed by atoms with van der Waals surface area (Å²) in [6.45, 7) is 5.69. The number of thiazole rings is 1. The molecular weight excluding hydrogens is 440 g/mol. The van der Waals surface area contributed by atoms with Crippen molar-refractivity contribution in [2.24, 2.45) is 0 Å². The molecule has 1 aliphatic rings. The Hall–Kier alpha value is -3.65. The molecular formula is C25H24N2O5S. The number of ether oxygens (including phenoxy) is 2. The van der Waals surface area contributed by atoms with E-state index in [4.69, 9.17) is 9.47 Å². The summed E-state index contributed by atoms with van der Waals surface area (Å²) >= 11 is 1.33. The van der Waals surface area contributed by atoms with Gasteiger partial charge < -0.3 is 14.6 Å². The van der Waals surface area contributed by atoms with Crippen LogP contribution in [0.15, 0.2) is 48.0 Å². The van der Waals surface area contributed by atoms with Crippen LogP contribution in [0.1, 0.15) is 33.3 Å². The number of hydrogen-bond donors (Lipinski definition) is 1. The summed E-state index contributed by atoms with van der Waals surface area (Å²) in [5.41, 5.74) is 2.84. The molecule has 0 aliphatic carbocycles. The lowest BCUT2D eigenvalue weighted by atomic mass is 9.95. The Kier molecular flexibility index (Phi) is 5.95. The number of aryl methyl sites for hydroxylation is 3. The Bertz CT molecular complexity index is 1260. The molecule has 0 unspecified atom stereocenters. The Morgan fingerprint density at radius 2 is 1.67 bits per heavy atom. The molecule has 0 radical (unpaired) electrons. The van der Waals surface area contributed by atoms with Crippen molar-refractivity contribution >= 4 is 33.9 Å². The van der Waals surface area contributed by atoms with Crippen molar-refractivity contribution in [1.29, 1.82) is 0 Å². The molecule has 0 spiro atoms. The molecule has 1 saturated heterocycles. The first-order valence-electron chi connectivity index (χ1n) is 10.3. The van der Waals surface area contributed by atoms with Crippen LogP contribution in [0.5, 0.6) is 11.5 Å². The van der Waals surface area contributed by atoms with Gasteiger partial charge in [-0.25, -0.2) is 4.98 Å². The van der Waals surface area contributed by atoms with E-state index >= 15 is 0 Å². The van der Waals surface area contributed by atoms with Gasteiger partial charge in [-0.3, -0.25) is 14.5 Å². The zero-order valence-corrected chi connectivity index (χ0v) is 19.8. The van der Waals surface area contributed by atoms with Gasteiger partial charge in [0.15, 0.2) is 16.6 Å². The second-order valence-electron chi connectivity index (χ2n) is 7.79. The summed E-state index contributed by atoms with van der Waals surface area (Å²) in [5.74, 6) is -0.781. The number of ketones is 1. The summed E-state index contributed by atoms with van der Waals surface area (Å²) < 4.78 is 10.8. The highest BCUT2D eigenvalue weighted by Gasteiger charge is 2.48. The lowest BCUT2D eigenvalue weighted by Crippen LogP contribution is -2.29. The van der Waals surface area contributed by atoms with Gasteiger partial charge >= 0.3 is 5.91 Å². The Balaban J connectivity index is 1.97. The van der Waals surface area contributed by atoms with Gasteiger partial charge in [0, 0.05) is 10.4 Å². The topological polar surface area (TPSA) is 89.0 Å². The van der Waals surface area contributed by atoms with Crippen LogP contribution in [0.3, 0.4) is 0 Å². The van der Waals surface area contributed by atoms with Gasteiger partial charge in [-0.15, -0.1) is 11.3 Å². The number of aliphatic hydroxyl groups excluding tert-OH is 1. The molecule has 1 amide bonds. The number of anilines is 1. The third kappa shape index (κ3) is 3.87. The Morgan fingerprint density at radius 3 is 2.24 bits per heavy atom. The van der Waals surface area contributed by atoms with Crippen LogP contribution in [0.4, 0.5) is 5.13 Å². The van der Waals surface area contributed by atoms with Crippen LogP contribution >= 0.6 is 11.3 Å². The molecule has 7 nitrogen and oxygen atoms in total. The van der Waals surface area contributed by atoms with Gasteiger partial charge in [-0.05, 0) is 38.5 Å². The monoisotopic (exact) mass is 464 g/mol. The fourth-order valence-corrected chi connectivity index (χ4v) is 4.73. The third-order valence-corrected chi connectivity index (χ3v) is 6.79. The summed E-state index contributed by atoms with van der Waals surface area (Å²) in [6, 6.07) is 11.4. The van der Waals surface area contributed by atoms with Crippen LogP contribution in [-0.4, -0.2) is 36.0 Å². The number of methoxy groups -OCH3 is 2. The number of nitrogens with zero attached hydrogens (tertiary/aromatic N) is 2. The quantitative estimate of drug-likeness (QED) is 0.334. The first kappa shape index (κ1) is 22.5. The smallest absolute Gasteiger partial charge is 0.301 e. The predicted molar refractivity (Wildman–Crippen MR) is 127 cm³/mol. The lowest BCUT2D eigenvalue weighted by Gasteiger charge is -2.23. The van der Waals surface area contributed by atoms with Crippen molar-refractivity contribution in [2.75, 3.05) is 19.1 Å². The van der Waals surface area contributed by atoms with E-state index in [-0.39, 0.29) is 11.3 Å². The molecule has 170 valence electrons. The van der Waals surface area contributed by atoms with E-state index in [0.29, 0.717) is 27.8 Å². The molecule has 1 atom stereocenters. The molecule has 0 saturated carbocycles. The first-order valence-corrected chi connectivity index (χ1v) is 11.1. The number of carbonyl (C=O) groups is 2. The van der Waals surface area contributed by atoms with Crippen molar-refractivity contribution in [1.82, 2.24) is 4.98 Å². The number of aromatic nitrogens is 1. The van der Waals surface area contributed by atoms with E-state index in [1.807, 2.05) is 32.9 Å². The number of benzene rings is 2. The molecule has 4 rings (SSSR count). The molecule has 2 heterocycles. The summed E-state index contributed by atoms with van der Waals surface area (Å²) in [6.07, 6.45) is 0. The van der Waals surface area contributed by atoms with Crippen LogP contribution in [0, 0.1) is 20.8 Å². The van der Waals surface area contributed by atoms with Gasteiger partial charge in [0.2, 0.25) is 0 Å². The molecule has 3 aromatic rings. The van der Waals surface area contributed by atoms with Gasteiger partial charge in [0.05, 0.1) is 31.5 Å². The van der Waals surface area contributed by atoms with E-state index in [2.05, 4.69) is 4.98 Å². The van der Waals surface area contributed by atoms with Crippen LogP contribution < -0.4 is 14.4 Å². The normalized spacial score (nSPS) is 17.5. The Labute approximate surface area is 195 Å². The second kappa shape index (κ2) is 8.71. The minimum atomic E-state index is -0.879. The van der Waals surface area contributed by atoms with E-state index in [0.717, 1.165) is 16.1 Å². The maximum atomic E-state index is 13.2. The highest BCUT2D eigenvalue weighted by atomic mass is 32.1. The molecule has 33 heavy (non-hydrogen) atoms. The molecule has 1 aromatic heterocycles. The molecule has 1 fully saturated rings. The fourth-order valence-electron chi connectivity index (χ4n) is 3.79. The van der Waals surface area contributed by atoms with Crippen LogP contribution in [0.25, 0.3) is 5.76 Å². The maximum absolute atomic E-state index is 13.2. The first-order chi connectivity index (χ1) is 15.8. The third-order valence-electron chi connectivity index (χ3n) is 5.72. The van der Waals surface area contributed by atoms with Crippen molar-refractivity contribution in [3.63, 3.8) is 0 Å². The van der Waals surface area contributed by atoms with Crippen LogP contribution in [-0.2, 0) is 9.59 Å². The fraction of sp³-hybridized carbons (Fsp3) is 0.240. The van der Waals surface area contributed by atoms with Gasteiger partial charge in [-0.2, -0.15) is 0 Å². The number of amides is 1. The number of hydrogen-bond acceptors (Lipinski definition) is 7. The maximum Gasteiger partial charge on any atom is 0.301 e. The van der Waals surface area contributed by atoms with Gasteiger partial charge in [-0.1, -0.05) is 35.9 Å². The van der Waals surface area contributed by atoms with E-state index in [1.165, 1.54) is 30.5 Å². The van der Waals surface area contributed by atoms with E-state index in [1.54, 1.807) is 30.3 Å². The standard InChI is InChI=1S/C25H24N2O5S/c1-13-6-8-16(9-7-13)22(28)20-21(17-10-11-18(31-4)19(12-17)32-5)27(24(30)23(20)29)25-26-14(2)15(3)33-25/h6-12,21,28H,1-5H3/b22-20+/t21-/m0/s1. The van der Waals surface area contributed by atoms with Crippen molar-refractivity contribution in [3.05, 3.63) is 75.3 Å². The zero-order chi connectivity index (χ0) is 23.9. The SMILES string of the molecule is COc1ccc([C@H]2/C(=C(\O)c3ccc(C)cc3)C(=O)C(=O)N2c2nc(C)c(C)s2)cc1OC. The van der Waals surface area contributed by atoms with Gasteiger partial charge in [0.25, 0.3) is 5.78 Å². The average Bonchev–Trinajstić information content (AvgIpc) is 3.28. The molecule has 0 bridgehead atoms. The number of aliphatic hydroxyl groups is 1. The predicted octanol–water partition coefficient (Wildman–Crippen LogP) is 4.71. The highest BCUT2D eigenvalue weighted by molar-refractivity contribution is 7.16. The molecule has 2 aromatic carbocycles. The van der Waals surface area contributed by atoms with Crippen LogP contribution in [0.2, 0.25) is 0 Å².